The number of nitrogens with zero attached hydrogens (tertiary/aromatic N) is 2. The Bertz CT molecular complexity index is 405. The van der Waals surface area contributed by atoms with Crippen molar-refractivity contribution in [2.24, 2.45) is 0 Å². The lowest BCUT2D eigenvalue weighted by atomic mass is 10.2. The van der Waals surface area contributed by atoms with Crippen LogP contribution in [-0.2, 0) is 11.3 Å². The molecule has 1 aromatic heterocycles. The molecule has 1 aromatic rings. The minimum absolute atomic E-state index is 0.0391. The van der Waals surface area contributed by atoms with Crippen molar-refractivity contribution < 1.29 is 9.84 Å². The second-order valence-electron chi connectivity index (χ2n) is 5.37. The first-order valence-electron chi connectivity index (χ1n) is 6.67. The SMILES string of the molecule is CC1COC(CO)CN1Cc1csc(C2CC2)n1. The number of aliphatic hydroxyl groups excluding tert-OH is 1. The molecule has 2 unspecified atom stereocenters. The number of thiazole rings is 1. The summed E-state index contributed by atoms with van der Waals surface area (Å²) in [5.41, 5.74) is 1.17. The molecule has 0 aromatic carbocycles. The lowest BCUT2D eigenvalue weighted by molar-refractivity contribution is -0.0808. The summed E-state index contributed by atoms with van der Waals surface area (Å²) in [5.74, 6) is 0.746. The first kappa shape index (κ1) is 12.5. The summed E-state index contributed by atoms with van der Waals surface area (Å²) in [4.78, 5) is 7.08. The second-order valence-corrected chi connectivity index (χ2v) is 6.26. The monoisotopic (exact) mass is 268 g/mol. The molecule has 1 saturated carbocycles. The highest BCUT2D eigenvalue weighted by molar-refractivity contribution is 7.09. The molecule has 5 heteroatoms. The molecule has 100 valence electrons. The molecule has 2 aliphatic rings. The zero-order valence-corrected chi connectivity index (χ0v) is 11.5. The third-order valence-electron chi connectivity index (χ3n) is 3.70. The Labute approximate surface area is 112 Å². The number of rotatable bonds is 4. The van der Waals surface area contributed by atoms with Crippen molar-refractivity contribution in [2.75, 3.05) is 19.8 Å². The molecule has 2 atom stereocenters. The van der Waals surface area contributed by atoms with E-state index < -0.39 is 0 Å². The average molecular weight is 268 g/mol. The number of aliphatic hydroxyl groups is 1. The number of aromatic nitrogens is 1. The first-order valence-corrected chi connectivity index (χ1v) is 7.55. The molecule has 1 N–H and O–H groups in total. The topological polar surface area (TPSA) is 45.6 Å². The maximum Gasteiger partial charge on any atom is 0.0959 e. The molecule has 0 bridgehead atoms. The van der Waals surface area contributed by atoms with Crippen LogP contribution in [0.25, 0.3) is 0 Å². The second kappa shape index (κ2) is 5.25. The molecule has 1 saturated heterocycles. The van der Waals surface area contributed by atoms with Gasteiger partial charge in [-0.15, -0.1) is 11.3 Å². The minimum atomic E-state index is -0.0391. The number of hydrogen-bond acceptors (Lipinski definition) is 5. The van der Waals surface area contributed by atoms with Gasteiger partial charge in [0.05, 0.1) is 30.0 Å². The van der Waals surface area contributed by atoms with Crippen molar-refractivity contribution in [1.29, 1.82) is 0 Å². The Kier molecular flexibility index (Phi) is 3.66. The zero-order valence-electron chi connectivity index (χ0n) is 10.7. The summed E-state index contributed by atoms with van der Waals surface area (Å²) in [5, 5.41) is 12.7. The molecular weight excluding hydrogens is 248 g/mol. The van der Waals surface area contributed by atoms with Crippen LogP contribution in [0.2, 0.25) is 0 Å². The van der Waals surface area contributed by atoms with Gasteiger partial charge in [-0.1, -0.05) is 0 Å². The maximum absolute atomic E-state index is 9.18. The maximum atomic E-state index is 9.18. The summed E-state index contributed by atoms with van der Waals surface area (Å²) in [6.45, 7) is 4.65. The van der Waals surface area contributed by atoms with E-state index in [9.17, 15) is 5.11 Å². The molecule has 1 aliphatic heterocycles. The van der Waals surface area contributed by atoms with Crippen LogP contribution in [0.5, 0.6) is 0 Å². The fraction of sp³-hybridized carbons (Fsp3) is 0.769. The van der Waals surface area contributed by atoms with Gasteiger partial charge in [-0.25, -0.2) is 4.98 Å². The zero-order chi connectivity index (χ0) is 12.5. The quantitative estimate of drug-likeness (QED) is 0.901. The highest BCUT2D eigenvalue weighted by Gasteiger charge is 2.28. The Morgan fingerprint density at radius 2 is 2.39 bits per heavy atom. The fourth-order valence-corrected chi connectivity index (χ4v) is 3.31. The number of hydrogen-bond donors (Lipinski definition) is 1. The van der Waals surface area contributed by atoms with E-state index in [1.54, 1.807) is 11.3 Å². The third-order valence-corrected chi connectivity index (χ3v) is 4.76. The van der Waals surface area contributed by atoms with Crippen molar-refractivity contribution in [3.8, 4) is 0 Å². The van der Waals surface area contributed by atoms with E-state index in [-0.39, 0.29) is 12.7 Å². The number of morpholine rings is 1. The predicted octanol–water partition coefficient (Wildman–Crippen LogP) is 1.60. The summed E-state index contributed by atoms with van der Waals surface area (Å²) >= 11 is 1.80. The normalized spacial score (nSPS) is 29.7. The molecule has 18 heavy (non-hydrogen) atoms. The third kappa shape index (κ3) is 2.74. The fourth-order valence-electron chi connectivity index (χ4n) is 2.33. The standard InChI is InChI=1S/C13H20N2O2S/c1-9-7-17-12(6-16)5-15(9)4-11-8-18-13(14-11)10-2-3-10/h8-10,12,16H,2-7H2,1H3. The summed E-state index contributed by atoms with van der Waals surface area (Å²) < 4.78 is 5.55. The lowest BCUT2D eigenvalue weighted by Crippen LogP contribution is -2.48. The van der Waals surface area contributed by atoms with Crippen LogP contribution in [0.3, 0.4) is 0 Å². The van der Waals surface area contributed by atoms with Gasteiger partial charge >= 0.3 is 0 Å². The van der Waals surface area contributed by atoms with Crippen molar-refractivity contribution >= 4 is 11.3 Å². The van der Waals surface area contributed by atoms with Gasteiger partial charge in [0.15, 0.2) is 0 Å². The predicted molar refractivity (Wildman–Crippen MR) is 70.8 cm³/mol. The van der Waals surface area contributed by atoms with E-state index in [0.29, 0.717) is 12.6 Å². The van der Waals surface area contributed by atoms with Gasteiger partial charge in [0.25, 0.3) is 0 Å². The molecular formula is C13H20N2O2S. The van der Waals surface area contributed by atoms with Gasteiger partial charge in [0.1, 0.15) is 0 Å². The van der Waals surface area contributed by atoms with Gasteiger partial charge in [0.2, 0.25) is 0 Å². The average Bonchev–Trinajstić information content (AvgIpc) is 3.13. The Morgan fingerprint density at radius 1 is 1.56 bits per heavy atom. The highest BCUT2D eigenvalue weighted by atomic mass is 32.1. The summed E-state index contributed by atoms with van der Waals surface area (Å²) in [7, 11) is 0. The lowest BCUT2D eigenvalue weighted by Gasteiger charge is -2.36. The van der Waals surface area contributed by atoms with E-state index in [0.717, 1.165) is 19.0 Å². The van der Waals surface area contributed by atoms with Crippen molar-refractivity contribution in [1.82, 2.24) is 9.88 Å². The van der Waals surface area contributed by atoms with Crippen LogP contribution in [0.15, 0.2) is 5.38 Å². The molecule has 2 heterocycles. The smallest absolute Gasteiger partial charge is 0.0959 e. The van der Waals surface area contributed by atoms with Crippen molar-refractivity contribution in [3.63, 3.8) is 0 Å². The van der Waals surface area contributed by atoms with Gasteiger partial charge in [-0.2, -0.15) is 0 Å². The van der Waals surface area contributed by atoms with E-state index in [4.69, 9.17) is 9.72 Å². The van der Waals surface area contributed by atoms with Crippen LogP contribution in [0, 0.1) is 0 Å². The van der Waals surface area contributed by atoms with Crippen molar-refractivity contribution in [2.45, 2.75) is 44.4 Å². The van der Waals surface area contributed by atoms with E-state index in [2.05, 4.69) is 17.2 Å². The highest BCUT2D eigenvalue weighted by Crippen LogP contribution is 2.41. The van der Waals surface area contributed by atoms with Crippen LogP contribution >= 0.6 is 11.3 Å². The largest absolute Gasteiger partial charge is 0.394 e. The summed E-state index contributed by atoms with van der Waals surface area (Å²) in [6.07, 6.45) is 2.59. The van der Waals surface area contributed by atoms with Gasteiger partial charge in [-0.05, 0) is 19.8 Å². The van der Waals surface area contributed by atoms with E-state index in [1.807, 2.05) is 0 Å². The van der Waals surface area contributed by atoms with Gasteiger partial charge in [-0.3, -0.25) is 4.90 Å². The Hall–Kier alpha value is -0.490. The Balaban J connectivity index is 1.62. The van der Waals surface area contributed by atoms with Crippen LogP contribution in [-0.4, -0.2) is 46.9 Å². The molecule has 4 nitrogen and oxygen atoms in total. The Morgan fingerprint density at radius 3 is 3.11 bits per heavy atom. The molecule has 3 rings (SSSR count). The van der Waals surface area contributed by atoms with Crippen LogP contribution < -0.4 is 0 Å². The van der Waals surface area contributed by atoms with Gasteiger partial charge in [0, 0.05) is 30.4 Å². The molecule has 0 amide bonds. The first-order chi connectivity index (χ1) is 8.76. The summed E-state index contributed by atoms with van der Waals surface area (Å²) in [6, 6.07) is 0.402. The number of ether oxygens (including phenoxy) is 1. The molecule has 2 fully saturated rings. The van der Waals surface area contributed by atoms with Crippen LogP contribution in [0.1, 0.15) is 36.4 Å². The van der Waals surface area contributed by atoms with Gasteiger partial charge < -0.3 is 9.84 Å². The molecule has 1 aliphatic carbocycles. The van der Waals surface area contributed by atoms with Crippen LogP contribution in [0.4, 0.5) is 0 Å². The van der Waals surface area contributed by atoms with Crippen molar-refractivity contribution in [3.05, 3.63) is 16.1 Å². The van der Waals surface area contributed by atoms with E-state index in [1.165, 1.54) is 23.5 Å². The van der Waals surface area contributed by atoms with E-state index >= 15 is 0 Å². The minimum Gasteiger partial charge on any atom is -0.394 e. The molecule has 0 radical (unpaired) electrons. The molecule has 0 spiro atoms.